The fourth-order valence-corrected chi connectivity index (χ4v) is 3.19. The summed E-state index contributed by atoms with van der Waals surface area (Å²) in [5.41, 5.74) is 2.76. The molecule has 7 heteroatoms. The van der Waals surface area contributed by atoms with Crippen molar-refractivity contribution in [2.24, 2.45) is 13.0 Å². The van der Waals surface area contributed by atoms with E-state index in [9.17, 15) is 9.18 Å². The van der Waals surface area contributed by atoms with E-state index in [2.05, 4.69) is 10.3 Å². The normalized spacial score (nSPS) is 16.6. The highest BCUT2D eigenvalue weighted by molar-refractivity contribution is 5.79. The standard InChI is InChI=1S/C17H21FN4O2/c1-21(10-11-4-7-16(24-3)13(18)8-11)17(23)12-5-6-14-15(9-12)22(2)20-19-14/h4,7-8,12H,5-6,9-10H2,1-3H3. The molecule has 0 saturated heterocycles. The second-order valence-corrected chi connectivity index (χ2v) is 6.21. The molecule has 1 amide bonds. The van der Waals surface area contributed by atoms with Gasteiger partial charge in [-0.25, -0.2) is 4.39 Å². The van der Waals surface area contributed by atoms with Gasteiger partial charge in [0.15, 0.2) is 11.6 Å². The third kappa shape index (κ3) is 3.11. The molecule has 1 aromatic heterocycles. The fourth-order valence-electron chi connectivity index (χ4n) is 3.19. The number of carbonyl (C=O) groups is 1. The SMILES string of the molecule is COc1ccc(CN(C)C(=O)C2CCc3nnn(C)c3C2)cc1F. The number of amides is 1. The van der Waals surface area contributed by atoms with Crippen molar-refractivity contribution in [3.8, 4) is 5.75 Å². The Morgan fingerprint density at radius 1 is 1.50 bits per heavy atom. The van der Waals surface area contributed by atoms with Crippen LogP contribution in [0, 0.1) is 11.7 Å². The molecule has 1 heterocycles. The first-order chi connectivity index (χ1) is 11.5. The predicted molar refractivity (Wildman–Crippen MR) is 85.9 cm³/mol. The van der Waals surface area contributed by atoms with E-state index >= 15 is 0 Å². The number of methoxy groups -OCH3 is 1. The van der Waals surface area contributed by atoms with Crippen LogP contribution in [0.25, 0.3) is 0 Å². The molecule has 0 radical (unpaired) electrons. The Kier molecular flexibility index (Phi) is 4.51. The summed E-state index contributed by atoms with van der Waals surface area (Å²) < 4.78 is 20.4. The summed E-state index contributed by atoms with van der Waals surface area (Å²) in [6.07, 6.45) is 2.19. The van der Waals surface area contributed by atoms with E-state index < -0.39 is 5.82 Å². The average molecular weight is 332 g/mol. The molecule has 0 saturated carbocycles. The Morgan fingerprint density at radius 3 is 3.00 bits per heavy atom. The molecule has 24 heavy (non-hydrogen) atoms. The third-order valence-corrected chi connectivity index (χ3v) is 4.55. The van der Waals surface area contributed by atoms with Gasteiger partial charge in [0, 0.05) is 33.0 Å². The molecule has 1 aromatic carbocycles. The summed E-state index contributed by atoms with van der Waals surface area (Å²) in [6.45, 7) is 0.368. The molecule has 2 aromatic rings. The minimum Gasteiger partial charge on any atom is -0.494 e. The second-order valence-electron chi connectivity index (χ2n) is 6.21. The van der Waals surface area contributed by atoms with Gasteiger partial charge in [0.25, 0.3) is 0 Å². The number of halogens is 1. The van der Waals surface area contributed by atoms with Gasteiger partial charge in [-0.1, -0.05) is 11.3 Å². The lowest BCUT2D eigenvalue weighted by Gasteiger charge is -2.26. The van der Waals surface area contributed by atoms with E-state index in [1.165, 1.54) is 13.2 Å². The van der Waals surface area contributed by atoms with E-state index in [4.69, 9.17) is 4.74 Å². The molecular formula is C17H21FN4O2. The van der Waals surface area contributed by atoms with Crippen LogP contribution in [-0.4, -0.2) is 40.0 Å². The fraction of sp³-hybridized carbons (Fsp3) is 0.471. The summed E-state index contributed by atoms with van der Waals surface area (Å²) in [6, 6.07) is 4.76. The average Bonchev–Trinajstić information content (AvgIpc) is 2.95. The van der Waals surface area contributed by atoms with Crippen molar-refractivity contribution in [3.63, 3.8) is 0 Å². The van der Waals surface area contributed by atoms with Crippen molar-refractivity contribution in [3.05, 3.63) is 41.0 Å². The van der Waals surface area contributed by atoms with Crippen molar-refractivity contribution in [1.82, 2.24) is 19.9 Å². The lowest BCUT2D eigenvalue weighted by atomic mass is 9.88. The van der Waals surface area contributed by atoms with Gasteiger partial charge in [-0.15, -0.1) is 5.10 Å². The molecule has 128 valence electrons. The van der Waals surface area contributed by atoms with E-state index in [0.29, 0.717) is 13.0 Å². The number of fused-ring (bicyclic) bond motifs is 1. The summed E-state index contributed by atoms with van der Waals surface area (Å²) in [5, 5.41) is 8.14. The van der Waals surface area contributed by atoms with E-state index in [-0.39, 0.29) is 17.6 Å². The number of carbonyl (C=O) groups excluding carboxylic acids is 1. The summed E-state index contributed by atoms with van der Waals surface area (Å²) in [7, 11) is 5.03. The van der Waals surface area contributed by atoms with Crippen LogP contribution >= 0.6 is 0 Å². The number of aryl methyl sites for hydroxylation is 2. The van der Waals surface area contributed by atoms with Gasteiger partial charge >= 0.3 is 0 Å². The molecule has 0 spiro atoms. The van der Waals surface area contributed by atoms with Gasteiger partial charge in [-0.05, 0) is 30.5 Å². The van der Waals surface area contributed by atoms with Crippen molar-refractivity contribution >= 4 is 5.91 Å². The summed E-state index contributed by atoms with van der Waals surface area (Å²) in [5.74, 6) is -0.226. The highest BCUT2D eigenvalue weighted by Crippen LogP contribution is 2.25. The molecule has 1 aliphatic carbocycles. The van der Waals surface area contributed by atoms with Gasteiger partial charge in [0.2, 0.25) is 5.91 Å². The van der Waals surface area contributed by atoms with Crippen molar-refractivity contribution in [2.45, 2.75) is 25.8 Å². The minimum atomic E-state index is -0.417. The molecule has 6 nitrogen and oxygen atoms in total. The van der Waals surface area contributed by atoms with E-state index in [1.54, 1.807) is 28.8 Å². The molecule has 1 aliphatic rings. The second kappa shape index (κ2) is 6.59. The first-order valence-corrected chi connectivity index (χ1v) is 7.94. The van der Waals surface area contributed by atoms with Crippen LogP contribution in [0.2, 0.25) is 0 Å². The third-order valence-electron chi connectivity index (χ3n) is 4.55. The Bertz CT molecular complexity index is 759. The van der Waals surface area contributed by atoms with Crippen molar-refractivity contribution in [2.75, 3.05) is 14.2 Å². The first kappa shape index (κ1) is 16.4. The highest BCUT2D eigenvalue weighted by Gasteiger charge is 2.29. The van der Waals surface area contributed by atoms with Crippen LogP contribution in [0.4, 0.5) is 4.39 Å². The lowest BCUT2D eigenvalue weighted by Crippen LogP contribution is -2.35. The van der Waals surface area contributed by atoms with Crippen LogP contribution in [0.1, 0.15) is 23.4 Å². The van der Waals surface area contributed by atoms with Gasteiger partial charge in [-0.2, -0.15) is 0 Å². The monoisotopic (exact) mass is 332 g/mol. The quantitative estimate of drug-likeness (QED) is 0.855. The number of hydrogen-bond acceptors (Lipinski definition) is 4. The number of ether oxygens (including phenoxy) is 1. The van der Waals surface area contributed by atoms with Gasteiger partial charge in [-0.3, -0.25) is 9.48 Å². The van der Waals surface area contributed by atoms with Crippen LogP contribution in [-0.2, 0) is 31.2 Å². The Hall–Kier alpha value is -2.44. The highest BCUT2D eigenvalue weighted by atomic mass is 19.1. The number of nitrogens with zero attached hydrogens (tertiary/aromatic N) is 4. The molecule has 1 unspecified atom stereocenters. The molecule has 0 N–H and O–H groups in total. The maximum absolute atomic E-state index is 13.8. The molecule has 3 rings (SSSR count). The summed E-state index contributed by atoms with van der Waals surface area (Å²) >= 11 is 0. The molecule has 0 bridgehead atoms. The number of aromatic nitrogens is 3. The number of benzene rings is 1. The van der Waals surface area contributed by atoms with Crippen LogP contribution < -0.4 is 4.74 Å². The molecular weight excluding hydrogens is 311 g/mol. The van der Waals surface area contributed by atoms with E-state index in [0.717, 1.165) is 29.8 Å². The molecule has 0 aliphatic heterocycles. The zero-order chi connectivity index (χ0) is 17.3. The number of hydrogen-bond donors (Lipinski definition) is 0. The predicted octanol–water partition coefficient (Wildman–Crippen LogP) is 1.73. The van der Waals surface area contributed by atoms with Crippen molar-refractivity contribution < 1.29 is 13.9 Å². The minimum absolute atomic E-state index is 0.0677. The number of rotatable bonds is 4. The van der Waals surface area contributed by atoms with Gasteiger partial charge in [0.05, 0.1) is 18.5 Å². The largest absolute Gasteiger partial charge is 0.494 e. The zero-order valence-electron chi connectivity index (χ0n) is 14.1. The Morgan fingerprint density at radius 2 is 2.29 bits per heavy atom. The topological polar surface area (TPSA) is 60.2 Å². The van der Waals surface area contributed by atoms with Crippen molar-refractivity contribution in [1.29, 1.82) is 0 Å². The Balaban J connectivity index is 1.67. The van der Waals surface area contributed by atoms with Gasteiger partial charge < -0.3 is 9.64 Å². The van der Waals surface area contributed by atoms with Crippen LogP contribution in [0.15, 0.2) is 18.2 Å². The molecule has 0 fully saturated rings. The van der Waals surface area contributed by atoms with Crippen LogP contribution in [0.5, 0.6) is 5.75 Å². The zero-order valence-corrected chi connectivity index (χ0v) is 14.1. The first-order valence-electron chi connectivity index (χ1n) is 7.94. The smallest absolute Gasteiger partial charge is 0.226 e. The van der Waals surface area contributed by atoms with E-state index in [1.807, 2.05) is 7.05 Å². The Labute approximate surface area is 140 Å². The summed E-state index contributed by atoms with van der Waals surface area (Å²) in [4.78, 5) is 14.4. The maximum Gasteiger partial charge on any atom is 0.226 e. The van der Waals surface area contributed by atoms with Crippen LogP contribution in [0.3, 0.4) is 0 Å². The van der Waals surface area contributed by atoms with Gasteiger partial charge in [0.1, 0.15) is 0 Å². The lowest BCUT2D eigenvalue weighted by molar-refractivity contribution is -0.135. The molecule has 1 atom stereocenters. The maximum atomic E-state index is 13.8.